The molecule has 0 unspecified atom stereocenters. The summed E-state index contributed by atoms with van der Waals surface area (Å²) in [5.41, 5.74) is 0.811. The van der Waals surface area contributed by atoms with Gasteiger partial charge in [0.25, 0.3) is 5.69 Å². The number of carboxylic acids is 1. The van der Waals surface area contributed by atoms with Crippen LogP contribution in [-0.4, -0.2) is 22.5 Å². The molecule has 1 rings (SSSR count). The number of benzene rings is 1. The molecule has 104 valence electrons. The zero-order valence-corrected chi connectivity index (χ0v) is 10.7. The number of carbonyl (C=O) groups is 1. The van der Waals surface area contributed by atoms with Gasteiger partial charge in [-0.3, -0.25) is 14.9 Å². The van der Waals surface area contributed by atoms with E-state index in [1.807, 2.05) is 0 Å². The first kappa shape index (κ1) is 14.9. The molecule has 0 spiro atoms. The molecular formula is C13H18N2O4. The number of anilines is 1. The molecule has 0 fully saturated rings. The van der Waals surface area contributed by atoms with Crippen LogP contribution < -0.4 is 5.32 Å². The van der Waals surface area contributed by atoms with E-state index in [0.717, 1.165) is 31.5 Å². The number of unbranched alkanes of at least 4 members (excludes halogenated alkanes) is 3. The van der Waals surface area contributed by atoms with Gasteiger partial charge in [0.2, 0.25) is 0 Å². The normalized spacial score (nSPS) is 10.1. The zero-order chi connectivity index (χ0) is 14.1. The maximum atomic E-state index is 10.6. The fourth-order valence-electron chi connectivity index (χ4n) is 1.72. The molecule has 2 N–H and O–H groups in total. The Morgan fingerprint density at radius 2 is 2.00 bits per heavy atom. The summed E-state index contributed by atoms with van der Waals surface area (Å²) >= 11 is 0. The summed E-state index contributed by atoms with van der Waals surface area (Å²) in [5.74, 6) is -0.755. The summed E-state index contributed by atoms with van der Waals surface area (Å²) in [4.78, 5) is 20.5. The highest BCUT2D eigenvalue weighted by molar-refractivity contribution is 5.66. The minimum absolute atomic E-state index is 0.0754. The molecule has 0 aromatic heterocycles. The number of nitro groups is 1. The lowest BCUT2D eigenvalue weighted by Gasteiger charge is -2.05. The van der Waals surface area contributed by atoms with Gasteiger partial charge in [-0.25, -0.2) is 0 Å². The van der Waals surface area contributed by atoms with Crippen molar-refractivity contribution in [1.29, 1.82) is 0 Å². The molecule has 0 saturated carbocycles. The van der Waals surface area contributed by atoms with Crippen molar-refractivity contribution in [2.75, 3.05) is 11.9 Å². The molecule has 1 aromatic carbocycles. The third-order valence-electron chi connectivity index (χ3n) is 2.70. The molecule has 0 aliphatic heterocycles. The Morgan fingerprint density at radius 3 is 2.68 bits per heavy atom. The van der Waals surface area contributed by atoms with Crippen molar-refractivity contribution in [1.82, 2.24) is 0 Å². The summed E-state index contributed by atoms with van der Waals surface area (Å²) in [7, 11) is 0. The van der Waals surface area contributed by atoms with Gasteiger partial charge in [-0.15, -0.1) is 0 Å². The molecule has 6 nitrogen and oxygen atoms in total. The Kier molecular flexibility index (Phi) is 6.35. The largest absolute Gasteiger partial charge is 0.481 e. The maximum Gasteiger partial charge on any atom is 0.303 e. The second-order valence-electron chi connectivity index (χ2n) is 4.29. The van der Waals surface area contributed by atoms with Crippen LogP contribution in [0, 0.1) is 10.1 Å². The van der Waals surface area contributed by atoms with E-state index in [9.17, 15) is 14.9 Å². The molecule has 0 aliphatic carbocycles. The fraction of sp³-hybridized carbons (Fsp3) is 0.462. The molecule has 1 aromatic rings. The average Bonchev–Trinajstić information content (AvgIpc) is 2.37. The fourth-order valence-corrected chi connectivity index (χ4v) is 1.72. The quantitative estimate of drug-likeness (QED) is 0.407. The highest BCUT2D eigenvalue weighted by atomic mass is 16.6. The first-order chi connectivity index (χ1) is 9.09. The third kappa shape index (κ3) is 6.40. The SMILES string of the molecule is O=C(O)CCCCCCNc1cccc([N+](=O)[O-])c1. The second-order valence-corrected chi connectivity index (χ2v) is 4.29. The molecule has 0 heterocycles. The minimum Gasteiger partial charge on any atom is -0.481 e. The van der Waals surface area contributed by atoms with Gasteiger partial charge in [0, 0.05) is 30.8 Å². The van der Waals surface area contributed by atoms with Crippen LogP contribution in [0.2, 0.25) is 0 Å². The minimum atomic E-state index is -0.755. The number of aliphatic carboxylic acids is 1. The van der Waals surface area contributed by atoms with E-state index in [1.165, 1.54) is 12.1 Å². The van der Waals surface area contributed by atoms with E-state index in [2.05, 4.69) is 5.32 Å². The lowest BCUT2D eigenvalue weighted by atomic mass is 10.1. The summed E-state index contributed by atoms with van der Waals surface area (Å²) in [6, 6.07) is 6.40. The van der Waals surface area contributed by atoms with E-state index >= 15 is 0 Å². The standard InChI is InChI=1S/C13H18N2O4/c16-13(17)8-3-1-2-4-9-14-11-6-5-7-12(10-11)15(18)19/h5-7,10,14H,1-4,8-9H2,(H,16,17). The Morgan fingerprint density at radius 1 is 1.26 bits per heavy atom. The number of nitrogens with zero attached hydrogens (tertiary/aromatic N) is 1. The Balaban J connectivity index is 2.17. The van der Waals surface area contributed by atoms with Crippen LogP contribution in [-0.2, 0) is 4.79 Å². The number of rotatable bonds is 9. The monoisotopic (exact) mass is 266 g/mol. The second kappa shape index (κ2) is 8.07. The van der Waals surface area contributed by atoms with E-state index in [-0.39, 0.29) is 12.1 Å². The highest BCUT2D eigenvalue weighted by Gasteiger charge is 2.04. The lowest BCUT2D eigenvalue weighted by Crippen LogP contribution is -2.02. The first-order valence-corrected chi connectivity index (χ1v) is 6.29. The van der Waals surface area contributed by atoms with Gasteiger partial charge in [-0.05, 0) is 18.9 Å². The molecule has 0 bridgehead atoms. The van der Waals surface area contributed by atoms with Crippen molar-refractivity contribution < 1.29 is 14.8 Å². The van der Waals surface area contributed by atoms with Crippen LogP contribution >= 0.6 is 0 Å². The van der Waals surface area contributed by atoms with Gasteiger partial charge >= 0.3 is 5.97 Å². The van der Waals surface area contributed by atoms with Crippen molar-refractivity contribution in [3.8, 4) is 0 Å². The van der Waals surface area contributed by atoms with Crippen molar-refractivity contribution in [2.24, 2.45) is 0 Å². The Hall–Kier alpha value is -2.11. The molecule has 0 aliphatic rings. The molecule has 0 amide bonds. The van der Waals surface area contributed by atoms with Crippen LogP contribution in [0.25, 0.3) is 0 Å². The van der Waals surface area contributed by atoms with E-state index in [1.54, 1.807) is 12.1 Å². The summed E-state index contributed by atoms with van der Waals surface area (Å²) in [6.07, 6.45) is 3.69. The third-order valence-corrected chi connectivity index (χ3v) is 2.70. The average molecular weight is 266 g/mol. The summed E-state index contributed by atoms with van der Waals surface area (Å²) < 4.78 is 0. The molecule has 0 saturated heterocycles. The molecule has 19 heavy (non-hydrogen) atoms. The Bertz CT molecular complexity index is 434. The zero-order valence-electron chi connectivity index (χ0n) is 10.7. The first-order valence-electron chi connectivity index (χ1n) is 6.29. The number of hydrogen-bond acceptors (Lipinski definition) is 4. The number of carboxylic acid groups (broad SMARTS) is 1. The van der Waals surface area contributed by atoms with Crippen LogP contribution in [0.3, 0.4) is 0 Å². The van der Waals surface area contributed by atoms with Crippen molar-refractivity contribution in [3.05, 3.63) is 34.4 Å². The van der Waals surface area contributed by atoms with Gasteiger partial charge in [-0.2, -0.15) is 0 Å². The molecule has 0 atom stereocenters. The number of hydrogen-bond donors (Lipinski definition) is 2. The summed E-state index contributed by atoms with van der Waals surface area (Å²) in [6.45, 7) is 0.730. The van der Waals surface area contributed by atoms with Gasteiger partial charge in [-0.1, -0.05) is 18.9 Å². The topological polar surface area (TPSA) is 92.5 Å². The van der Waals surface area contributed by atoms with Crippen LogP contribution in [0.4, 0.5) is 11.4 Å². The van der Waals surface area contributed by atoms with Gasteiger partial charge in [0.15, 0.2) is 0 Å². The van der Waals surface area contributed by atoms with E-state index in [0.29, 0.717) is 6.42 Å². The molecule has 0 radical (unpaired) electrons. The Labute approximate surface area is 111 Å². The van der Waals surface area contributed by atoms with E-state index < -0.39 is 10.9 Å². The van der Waals surface area contributed by atoms with Gasteiger partial charge in [0.1, 0.15) is 0 Å². The van der Waals surface area contributed by atoms with Crippen LogP contribution in [0.5, 0.6) is 0 Å². The van der Waals surface area contributed by atoms with Crippen molar-refractivity contribution >= 4 is 17.3 Å². The van der Waals surface area contributed by atoms with Gasteiger partial charge < -0.3 is 10.4 Å². The van der Waals surface area contributed by atoms with Crippen LogP contribution in [0.1, 0.15) is 32.1 Å². The van der Waals surface area contributed by atoms with Crippen molar-refractivity contribution in [2.45, 2.75) is 32.1 Å². The maximum absolute atomic E-state index is 10.6. The lowest BCUT2D eigenvalue weighted by molar-refractivity contribution is -0.384. The molecule has 6 heteroatoms. The predicted molar refractivity (Wildman–Crippen MR) is 72.3 cm³/mol. The number of non-ortho nitro benzene ring substituents is 1. The number of nitrogens with one attached hydrogen (secondary N) is 1. The van der Waals surface area contributed by atoms with Crippen LogP contribution in [0.15, 0.2) is 24.3 Å². The predicted octanol–water partition coefficient (Wildman–Crippen LogP) is 3.04. The van der Waals surface area contributed by atoms with Gasteiger partial charge in [0.05, 0.1) is 4.92 Å². The smallest absolute Gasteiger partial charge is 0.303 e. The van der Waals surface area contributed by atoms with E-state index in [4.69, 9.17) is 5.11 Å². The highest BCUT2D eigenvalue weighted by Crippen LogP contribution is 2.17. The molecular weight excluding hydrogens is 248 g/mol. The number of nitro benzene ring substituents is 1. The van der Waals surface area contributed by atoms with Crippen molar-refractivity contribution in [3.63, 3.8) is 0 Å². The summed E-state index contributed by atoms with van der Waals surface area (Å²) in [5, 5.41) is 22.2.